The average Bonchev–Trinajstić information content (AvgIpc) is 2.52. The Morgan fingerprint density at radius 3 is 2.65 bits per heavy atom. The van der Waals surface area contributed by atoms with Gasteiger partial charge in [0.05, 0.1) is 0 Å². The molecule has 1 N–H and O–H groups in total. The molecule has 2 rings (SSSR count). The molecule has 128 valence electrons. The molecule has 0 unspecified atom stereocenters. The molecule has 0 amide bonds. The highest BCUT2D eigenvalue weighted by Crippen LogP contribution is 2.16. The normalized spacial score (nSPS) is 17.0. The Morgan fingerprint density at radius 1 is 1.35 bits per heavy atom. The molecule has 1 aliphatic rings. The van der Waals surface area contributed by atoms with Crippen LogP contribution in [0, 0.1) is 11.7 Å². The summed E-state index contributed by atoms with van der Waals surface area (Å²) in [6.45, 7) is 5.68. The number of likely N-dealkylation sites (tertiary alicyclic amines) is 1. The van der Waals surface area contributed by atoms with Gasteiger partial charge in [-0.1, -0.05) is 13.0 Å². The van der Waals surface area contributed by atoms with E-state index in [0.717, 1.165) is 36.1 Å². The van der Waals surface area contributed by atoms with Crippen molar-refractivity contribution in [2.24, 2.45) is 10.9 Å². The molecule has 0 bridgehead atoms. The predicted octanol–water partition coefficient (Wildman–Crippen LogP) is 2.69. The molecule has 0 aliphatic carbocycles. The van der Waals surface area contributed by atoms with Crippen molar-refractivity contribution in [1.29, 1.82) is 0 Å². The molecule has 0 aromatic heterocycles. The maximum Gasteiger partial charge on any atom is 0.193 e. The van der Waals surface area contributed by atoms with Crippen LogP contribution in [-0.4, -0.2) is 50.0 Å². The number of guanidine groups is 1. The van der Waals surface area contributed by atoms with Crippen LogP contribution in [0.2, 0.25) is 0 Å². The number of hydrogen-bond acceptors (Lipinski definition) is 2. The maximum atomic E-state index is 13.8. The Bertz CT molecular complexity index is 534. The Hall–Kier alpha value is -1.62. The van der Waals surface area contributed by atoms with Gasteiger partial charge in [0.15, 0.2) is 5.96 Å². The summed E-state index contributed by atoms with van der Waals surface area (Å²) in [4.78, 5) is 8.67. The van der Waals surface area contributed by atoms with Gasteiger partial charge in [-0.3, -0.25) is 4.99 Å². The van der Waals surface area contributed by atoms with Gasteiger partial charge in [0.1, 0.15) is 5.82 Å². The minimum absolute atomic E-state index is 0.142. The minimum atomic E-state index is -0.142. The third-order valence-corrected chi connectivity index (χ3v) is 4.34. The summed E-state index contributed by atoms with van der Waals surface area (Å²) in [5.41, 5.74) is 1.81. The van der Waals surface area contributed by atoms with Crippen molar-refractivity contribution in [3.8, 4) is 0 Å². The second-order valence-corrected chi connectivity index (χ2v) is 6.73. The van der Waals surface area contributed by atoms with Crippen molar-refractivity contribution in [1.82, 2.24) is 15.1 Å². The van der Waals surface area contributed by atoms with Crippen LogP contribution in [0.15, 0.2) is 23.2 Å². The first kappa shape index (κ1) is 17.7. The average molecular weight is 320 g/mol. The van der Waals surface area contributed by atoms with E-state index in [-0.39, 0.29) is 5.82 Å². The van der Waals surface area contributed by atoms with E-state index in [1.165, 1.54) is 12.8 Å². The smallest absolute Gasteiger partial charge is 0.193 e. The Labute approximate surface area is 139 Å². The lowest BCUT2D eigenvalue weighted by Gasteiger charge is -2.33. The predicted molar refractivity (Wildman–Crippen MR) is 94.0 cm³/mol. The number of aliphatic imine (C=N–C) groups is 1. The summed E-state index contributed by atoms with van der Waals surface area (Å²) in [5, 5.41) is 3.41. The summed E-state index contributed by atoms with van der Waals surface area (Å²) in [5.74, 6) is 1.60. The standard InChI is InChI=1S/C18H29FN4/c1-14-7-9-23(10-8-14)18(20-2)21-12-15-5-6-17(19)16(11-15)13-22(3)4/h5-6,11,14H,7-10,12-13H2,1-4H3,(H,20,21). The zero-order valence-electron chi connectivity index (χ0n) is 14.8. The number of nitrogens with zero attached hydrogens (tertiary/aromatic N) is 3. The Kier molecular flexibility index (Phi) is 6.39. The number of halogens is 1. The van der Waals surface area contributed by atoms with Gasteiger partial charge in [0.2, 0.25) is 0 Å². The van der Waals surface area contributed by atoms with E-state index in [0.29, 0.717) is 13.1 Å². The molecule has 1 aromatic carbocycles. The molecule has 1 fully saturated rings. The van der Waals surface area contributed by atoms with Crippen LogP contribution in [0.1, 0.15) is 30.9 Å². The summed E-state index contributed by atoms with van der Waals surface area (Å²) in [6.07, 6.45) is 2.43. The van der Waals surface area contributed by atoms with Gasteiger partial charge >= 0.3 is 0 Å². The van der Waals surface area contributed by atoms with Crippen molar-refractivity contribution >= 4 is 5.96 Å². The Balaban J connectivity index is 1.96. The van der Waals surface area contributed by atoms with Crippen LogP contribution >= 0.6 is 0 Å². The summed E-state index contributed by atoms with van der Waals surface area (Å²) < 4.78 is 13.8. The topological polar surface area (TPSA) is 30.9 Å². The number of piperidine rings is 1. The highest BCUT2D eigenvalue weighted by molar-refractivity contribution is 5.79. The molecular formula is C18H29FN4. The highest BCUT2D eigenvalue weighted by atomic mass is 19.1. The third kappa shape index (κ3) is 5.20. The van der Waals surface area contributed by atoms with Crippen LogP contribution in [0.3, 0.4) is 0 Å². The van der Waals surface area contributed by atoms with Crippen LogP contribution in [0.4, 0.5) is 4.39 Å². The number of rotatable bonds is 4. The molecule has 0 saturated carbocycles. The van der Waals surface area contributed by atoms with Crippen molar-refractivity contribution < 1.29 is 4.39 Å². The number of hydrogen-bond donors (Lipinski definition) is 1. The van der Waals surface area contributed by atoms with Crippen LogP contribution in [0.25, 0.3) is 0 Å². The van der Waals surface area contributed by atoms with Crippen LogP contribution < -0.4 is 5.32 Å². The fourth-order valence-corrected chi connectivity index (χ4v) is 2.93. The molecule has 1 aromatic rings. The fraction of sp³-hybridized carbons (Fsp3) is 0.611. The van der Waals surface area contributed by atoms with Gasteiger partial charge < -0.3 is 15.1 Å². The van der Waals surface area contributed by atoms with Gasteiger partial charge in [0.25, 0.3) is 0 Å². The van der Waals surface area contributed by atoms with Gasteiger partial charge in [-0.05, 0) is 50.6 Å². The first-order valence-electron chi connectivity index (χ1n) is 8.37. The molecular weight excluding hydrogens is 291 g/mol. The van der Waals surface area contributed by atoms with Crippen LogP contribution in [-0.2, 0) is 13.1 Å². The highest BCUT2D eigenvalue weighted by Gasteiger charge is 2.18. The summed E-state index contributed by atoms with van der Waals surface area (Å²) in [6, 6.07) is 5.34. The minimum Gasteiger partial charge on any atom is -0.352 e. The maximum absolute atomic E-state index is 13.8. The van der Waals surface area contributed by atoms with Crippen molar-refractivity contribution in [3.05, 3.63) is 35.1 Å². The van der Waals surface area contributed by atoms with Gasteiger partial charge in [-0.2, -0.15) is 0 Å². The van der Waals surface area contributed by atoms with Gasteiger partial charge in [-0.25, -0.2) is 4.39 Å². The number of nitrogens with one attached hydrogen (secondary N) is 1. The van der Waals surface area contributed by atoms with E-state index in [2.05, 4.69) is 22.1 Å². The molecule has 5 heteroatoms. The van der Waals surface area contributed by atoms with E-state index < -0.39 is 0 Å². The van der Waals surface area contributed by atoms with E-state index in [1.54, 1.807) is 6.07 Å². The zero-order chi connectivity index (χ0) is 16.8. The molecule has 23 heavy (non-hydrogen) atoms. The molecule has 1 heterocycles. The third-order valence-electron chi connectivity index (χ3n) is 4.34. The SMILES string of the molecule is CN=C(NCc1ccc(F)c(CN(C)C)c1)N1CCC(C)CC1. The van der Waals surface area contributed by atoms with Crippen molar-refractivity contribution in [3.63, 3.8) is 0 Å². The lowest BCUT2D eigenvalue weighted by atomic mass is 9.99. The lowest BCUT2D eigenvalue weighted by molar-refractivity contribution is 0.273. The fourth-order valence-electron chi connectivity index (χ4n) is 2.93. The largest absolute Gasteiger partial charge is 0.352 e. The molecule has 1 aliphatic heterocycles. The van der Waals surface area contributed by atoms with E-state index in [1.807, 2.05) is 38.2 Å². The Morgan fingerprint density at radius 2 is 2.04 bits per heavy atom. The summed E-state index contributed by atoms with van der Waals surface area (Å²) >= 11 is 0. The van der Waals surface area contributed by atoms with E-state index in [9.17, 15) is 4.39 Å². The summed E-state index contributed by atoms with van der Waals surface area (Å²) in [7, 11) is 5.72. The monoisotopic (exact) mass is 320 g/mol. The molecule has 0 radical (unpaired) electrons. The lowest BCUT2D eigenvalue weighted by Crippen LogP contribution is -2.45. The van der Waals surface area contributed by atoms with Crippen LogP contribution in [0.5, 0.6) is 0 Å². The quantitative estimate of drug-likeness (QED) is 0.683. The van der Waals surface area contributed by atoms with Gasteiger partial charge in [-0.15, -0.1) is 0 Å². The number of benzene rings is 1. The van der Waals surface area contributed by atoms with Gasteiger partial charge in [0, 0.05) is 38.8 Å². The molecule has 0 spiro atoms. The van der Waals surface area contributed by atoms with E-state index in [4.69, 9.17) is 0 Å². The second-order valence-electron chi connectivity index (χ2n) is 6.73. The first-order valence-corrected chi connectivity index (χ1v) is 8.37. The van der Waals surface area contributed by atoms with Crippen molar-refractivity contribution in [2.75, 3.05) is 34.2 Å². The molecule has 1 saturated heterocycles. The molecule has 4 nitrogen and oxygen atoms in total. The zero-order valence-corrected chi connectivity index (χ0v) is 14.8. The molecule has 0 atom stereocenters. The second kappa shape index (κ2) is 8.29. The first-order chi connectivity index (χ1) is 11.0. The van der Waals surface area contributed by atoms with E-state index >= 15 is 0 Å². The van der Waals surface area contributed by atoms with Crippen molar-refractivity contribution in [2.45, 2.75) is 32.9 Å².